The number of hydrogen-bond acceptors (Lipinski definition) is 7. The lowest BCUT2D eigenvalue weighted by Crippen LogP contribution is -2.39. The Balaban J connectivity index is 1.40. The maximum atomic E-state index is 6.53. The van der Waals surface area contributed by atoms with Crippen LogP contribution in [-0.2, 0) is 13.0 Å². The summed E-state index contributed by atoms with van der Waals surface area (Å²) in [5.74, 6) is 3.33. The minimum absolute atomic E-state index is 0.113. The molecule has 0 radical (unpaired) electrons. The lowest BCUT2D eigenvalue weighted by molar-refractivity contribution is 0.207. The smallest absolute Gasteiger partial charge is 0.138 e. The zero-order valence-electron chi connectivity index (χ0n) is 23.0. The average Bonchev–Trinajstić information content (AvgIpc) is 2.86. The molecule has 204 valence electrons. The van der Waals surface area contributed by atoms with Gasteiger partial charge in [-0.3, -0.25) is 4.90 Å². The normalized spacial score (nSPS) is 14.6. The SMILES string of the molecule is COc1ccccc1Cc1c(Cl)ncnc1NC1CCN(Cc2cc(OC(C)C)cc(OC(C)C)c2)CC1. The predicted molar refractivity (Wildman–Crippen MR) is 153 cm³/mol. The van der Waals surface area contributed by atoms with Gasteiger partial charge in [-0.05, 0) is 69.9 Å². The van der Waals surface area contributed by atoms with Gasteiger partial charge >= 0.3 is 0 Å². The third kappa shape index (κ3) is 7.74. The van der Waals surface area contributed by atoms with Crippen LogP contribution in [0.15, 0.2) is 48.8 Å². The standard InChI is InChI=1S/C30H39ClN4O3/c1-20(2)37-25-14-22(15-26(17-25)38-21(3)4)18-35-12-10-24(11-13-35)34-30-27(29(31)32-19-33-30)16-23-8-6-7-9-28(23)36-5/h6-9,14-15,17,19-21,24H,10-13,16,18H2,1-5H3,(H,32,33,34). The fourth-order valence-corrected chi connectivity index (χ4v) is 5.00. The van der Waals surface area contributed by atoms with Crippen molar-refractivity contribution < 1.29 is 14.2 Å². The molecule has 7 nitrogen and oxygen atoms in total. The molecule has 3 aromatic rings. The second-order valence-electron chi connectivity index (χ2n) is 10.3. The summed E-state index contributed by atoms with van der Waals surface area (Å²) >= 11 is 6.53. The highest BCUT2D eigenvalue weighted by molar-refractivity contribution is 6.30. The number of anilines is 1. The Kier molecular flexibility index (Phi) is 9.69. The molecule has 1 aliphatic heterocycles. The Morgan fingerprint density at radius 1 is 0.974 bits per heavy atom. The first-order chi connectivity index (χ1) is 18.3. The molecule has 1 aromatic heterocycles. The number of nitrogens with one attached hydrogen (secondary N) is 1. The van der Waals surface area contributed by atoms with Crippen molar-refractivity contribution in [2.24, 2.45) is 0 Å². The highest BCUT2D eigenvalue weighted by atomic mass is 35.5. The Labute approximate surface area is 231 Å². The number of likely N-dealkylation sites (tertiary alicyclic amines) is 1. The number of para-hydroxylation sites is 1. The van der Waals surface area contributed by atoms with Gasteiger partial charge in [0.15, 0.2) is 0 Å². The van der Waals surface area contributed by atoms with E-state index in [-0.39, 0.29) is 12.2 Å². The minimum atomic E-state index is 0.113. The lowest BCUT2D eigenvalue weighted by atomic mass is 10.0. The van der Waals surface area contributed by atoms with Crippen molar-refractivity contribution in [3.8, 4) is 17.2 Å². The summed E-state index contributed by atoms with van der Waals surface area (Å²) < 4.78 is 17.5. The first kappa shape index (κ1) is 28.0. The van der Waals surface area contributed by atoms with Crippen LogP contribution < -0.4 is 19.5 Å². The van der Waals surface area contributed by atoms with Gasteiger partial charge in [0.2, 0.25) is 0 Å². The van der Waals surface area contributed by atoms with Crippen LogP contribution in [0.25, 0.3) is 0 Å². The number of benzene rings is 2. The summed E-state index contributed by atoms with van der Waals surface area (Å²) in [6, 6.07) is 14.5. The molecule has 0 atom stereocenters. The molecule has 0 unspecified atom stereocenters. The van der Waals surface area contributed by atoms with E-state index in [1.807, 2.05) is 58.0 Å². The molecule has 2 aromatic carbocycles. The van der Waals surface area contributed by atoms with E-state index in [1.54, 1.807) is 7.11 Å². The fraction of sp³-hybridized carbons (Fsp3) is 0.467. The zero-order chi connectivity index (χ0) is 27.1. The maximum Gasteiger partial charge on any atom is 0.138 e. The highest BCUT2D eigenvalue weighted by Crippen LogP contribution is 2.30. The largest absolute Gasteiger partial charge is 0.496 e. The van der Waals surface area contributed by atoms with Gasteiger partial charge in [-0.1, -0.05) is 29.8 Å². The summed E-state index contributed by atoms with van der Waals surface area (Å²) in [6.45, 7) is 11.0. The number of aromatic nitrogens is 2. The molecule has 38 heavy (non-hydrogen) atoms. The zero-order valence-corrected chi connectivity index (χ0v) is 23.8. The number of halogens is 1. The van der Waals surface area contributed by atoms with E-state index >= 15 is 0 Å². The first-order valence-electron chi connectivity index (χ1n) is 13.4. The Bertz CT molecular complexity index is 1170. The van der Waals surface area contributed by atoms with Crippen LogP contribution >= 0.6 is 11.6 Å². The van der Waals surface area contributed by atoms with Gasteiger partial charge in [0, 0.05) is 43.7 Å². The molecule has 0 bridgehead atoms. The lowest BCUT2D eigenvalue weighted by Gasteiger charge is -2.33. The maximum absolute atomic E-state index is 6.53. The van der Waals surface area contributed by atoms with Crippen LogP contribution in [0, 0.1) is 0 Å². The molecular weight excluding hydrogens is 500 g/mol. The van der Waals surface area contributed by atoms with Gasteiger partial charge < -0.3 is 19.5 Å². The topological polar surface area (TPSA) is 68.7 Å². The van der Waals surface area contributed by atoms with Crippen molar-refractivity contribution in [2.45, 2.75) is 71.8 Å². The van der Waals surface area contributed by atoms with E-state index in [0.29, 0.717) is 17.6 Å². The van der Waals surface area contributed by atoms with Crippen molar-refractivity contribution in [1.82, 2.24) is 14.9 Å². The van der Waals surface area contributed by atoms with Crippen LogP contribution in [-0.4, -0.2) is 53.3 Å². The van der Waals surface area contributed by atoms with Crippen LogP contribution in [0.5, 0.6) is 17.2 Å². The molecular formula is C30H39ClN4O3. The first-order valence-corrected chi connectivity index (χ1v) is 13.8. The summed E-state index contributed by atoms with van der Waals surface area (Å²) in [5, 5.41) is 4.12. The van der Waals surface area contributed by atoms with Crippen molar-refractivity contribution in [3.63, 3.8) is 0 Å². The van der Waals surface area contributed by atoms with E-state index in [1.165, 1.54) is 11.9 Å². The molecule has 4 rings (SSSR count). The van der Waals surface area contributed by atoms with Crippen molar-refractivity contribution in [3.05, 3.63) is 70.6 Å². The molecule has 1 saturated heterocycles. The number of piperidine rings is 1. The van der Waals surface area contributed by atoms with E-state index < -0.39 is 0 Å². The van der Waals surface area contributed by atoms with Gasteiger partial charge in [0.1, 0.15) is 34.5 Å². The Morgan fingerprint density at radius 2 is 1.63 bits per heavy atom. The summed E-state index contributed by atoms with van der Waals surface area (Å²) in [6.07, 6.45) is 4.36. The van der Waals surface area contributed by atoms with Crippen molar-refractivity contribution >= 4 is 17.4 Å². The summed E-state index contributed by atoms with van der Waals surface area (Å²) in [4.78, 5) is 11.3. The van der Waals surface area contributed by atoms with Crippen LogP contribution in [0.3, 0.4) is 0 Å². The number of rotatable bonds is 11. The minimum Gasteiger partial charge on any atom is -0.496 e. The quantitative estimate of drug-likeness (QED) is 0.284. The molecule has 0 saturated carbocycles. The summed E-state index contributed by atoms with van der Waals surface area (Å²) in [7, 11) is 1.68. The van der Waals surface area contributed by atoms with Gasteiger partial charge in [-0.2, -0.15) is 0 Å². The molecule has 2 heterocycles. The van der Waals surface area contributed by atoms with E-state index in [0.717, 1.165) is 66.7 Å². The number of ether oxygens (including phenoxy) is 3. The van der Waals surface area contributed by atoms with Crippen molar-refractivity contribution in [2.75, 3.05) is 25.5 Å². The predicted octanol–water partition coefficient (Wildman–Crippen LogP) is 6.38. The molecule has 0 spiro atoms. The Hall–Kier alpha value is -3.03. The third-order valence-electron chi connectivity index (χ3n) is 6.47. The molecule has 1 N–H and O–H groups in total. The van der Waals surface area contributed by atoms with Crippen molar-refractivity contribution in [1.29, 1.82) is 0 Å². The average molecular weight is 539 g/mol. The molecule has 1 fully saturated rings. The van der Waals surface area contributed by atoms with Gasteiger partial charge in [0.05, 0.1) is 19.3 Å². The monoisotopic (exact) mass is 538 g/mol. The van der Waals surface area contributed by atoms with Crippen LogP contribution in [0.2, 0.25) is 5.15 Å². The fourth-order valence-electron chi connectivity index (χ4n) is 4.80. The summed E-state index contributed by atoms with van der Waals surface area (Å²) in [5.41, 5.74) is 3.14. The van der Waals surface area contributed by atoms with Crippen LogP contribution in [0.4, 0.5) is 5.82 Å². The number of methoxy groups -OCH3 is 1. The van der Waals surface area contributed by atoms with Crippen LogP contribution in [0.1, 0.15) is 57.2 Å². The second-order valence-corrected chi connectivity index (χ2v) is 10.7. The van der Waals surface area contributed by atoms with Gasteiger partial charge in [0.25, 0.3) is 0 Å². The van der Waals surface area contributed by atoms with Gasteiger partial charge in [-0.15, -0.1) is 0 Å². The second kappa shape index (κ2) is 13.2. The number of nitrogens with zero attached hydrogens (tertiary/aromatic N) is 3. The van der Waals surface area contributed by atoms with E-state index in [9.17, 15) is 0 Å². The number of hydrogen-bond donors (Lipinski definition) is 1. The molecule has 0 aliphatic carbocycles. The molecule has 0 amide bonds. The molecule has 8 heteroatoms. The highest BCUT2D eigenvalue weighted by Gasteiger charge is 2.22. The van der Waals surface area contributed by atoms with E-state index in [4.69, 9.17) is 25.8 Å². The Morgan fingerprint density at radius 3 is 2.26 bits per heavy atom. The molecule has 1 aliphatic rings. The van der Waals surface area contributed by atoms with Gasteiger partial charge in [-0.25, -0.2) is 9.97 Å². The van der Waals surface area contributed by atoms with E-state index in [2.05, 4.69) is 32.3 Å². The third-order valence-corrected chi connectivity index (χ3v) is 6.80.